The number of halogens is 1. The standard InChI is InChI=1S/C18H18ClN3O2S/c1-11-20-17-15(25-11)8-7-13(19)16(17)22-18(24)21-14(9-10-23)12-5-3-2-4-6-12/h2-8,14,23H,9-10H2,1H3,(H2,21,22,24)/t14-/m1/s1. The number of urea groups is 1. The highest BCUT2D eigenvalue weighted by Crippen LogP contribution is 2.33. The Morgan fingerprint density at radius 1 is 1.28 bits per heavy atom. The summed E-state index contributed by atoms with van der Waals surface area (Å²) in [6.07, 6.45) is 0.422. The molecular weight excluding hydrogens is 358 g/mol. The summed E-state index contributed by atoms with van der Waals surface area (Å²) in [6, 6.07) is 12.5. The molecule has 0 aliphatic heterocycles. The molecule has 0 unspecified atom stereocenters. The number of hydrogen-bond acceptors (Lipinski definition) is 4. The SMILES string of the molecule is Cc1nc2c(NC(=O)N[C@H](CCO)c3ccccc3)c(Cl)ccc2s1. The largest absolute Gasteiger partial charge is 0.396 e. The van der Waals surface area contributed by atoms with E-state index in [9.17, 15) is 9.90 Å². The summed E-state index contributed by atoms with van der Waals surface area (Å²) in [4.78, 5) is 16.9. The van der Waals surface area contributed by atoms with Crippen LogP contribution in [0.4, 0.5) is 10.5 Å². The fraction of sp³-hybridized carbons (Fsp3) is 0.222. The van der Waals surface area contributed by atoms with Crippen LogP contribution in [-0.2, 0) is 0 Å². The third-order valence-corrected chi connectivity index (χ3v) is 5.03. The van der Waals surface area contributed by atoms with Crippen LogP contribution < -0.4 is 10.6 Å². The number of carbonyl (C=O) groups is 1. The Labute approximate surface area is 154 Å². The van der Waals surface area contributed by atoms with Crippen LogP contribution in [0.1, 0.15) is 23.0 Å². The average Bonchev–Trinajstić information content (AvgIpc) is 2.99. The van der Waals surface area contributed by atoms with Crippen molar-refractivity contribution in [2.75, 3.05) is 11.9 Å². The molecule has 0 saturated heterocycles. The molecule has 2 aromatic carbocycles. The van der Waals surface area contributed by atoms with E-state index in [0.717, 1.165) is 15.3 Å². The van der Waals surface area contributed by atoms with Gasteiger partial charge in [0.05, 0.1) is 26.5 Å². The number of nitrogens with one attached hydrogen (secondary N) is 2. The van der Waals surface area contributed by atoms with Crippen molar-refractivity contribution in [2.45, 2.75) is 19.4 Å². The predicted octanol–water partition coefficient (Wildman–Crippen LogP) is 4.50. The molecule has 0 fully saturated rings. The van der Waals surface area contributed by atoms with Crippen LogP contribution >= 0.6 is 22.9 Å². The Morgan fingerprint density at radius 2 is 2.04 bits per heavy atom. The topological polar surface area (TPSA) is 74.2 Å². The number of nitrogens with zero attached hydrogens (tertiary/aromatic N) is 1. The molecule has 0 spiro atoms. The lowest BCUT2D eigenvalue weighted by Gasteiger charge is -2.19. The molecule has 2 amide bonds. The smallest absolute Gasteiger partial charge is 0.319 e. The van der Waals surface area contributed by atoms with Gasteiger partial charge in [0, 0.05) is 6.61 Å². The summed E-state index contributed by atoms with van der Waals surface area (Å²) in [5.41, 5.74) is 2.11. The van der Waals surface area contributed by atoms with Gasteiger partial charge in [0.2, 0.25) is 0 Å². The van der Waals surface area contributed by atoms with Gasteiger partial charge >= 0.3 is 6.03 Å². The second kappa shape index (κ2) is 7.82. The first kappa shape index (κ1) is 17.7. The Morgan fingerprint density at radius 3 is 2.76 bits per heavy atom. The fourth-order valence-electron chi connectivity index (χ4n) is 2.64. The molecule has 0 aliphatic carbocycles. The number of thiazole rings is 1. The first-order chi connectivity index (χ1) is 12.1. The van der Waals surface area contributed by atoms with Crippen LogP contribution in [-0.4, -0.2) is 22.7 Å². The highest BCUT2D eigenvalue weighted by molar-refractivity contribution is 7.18. The van der Waals surface area contributed by atoms with Crippen LogP contribution in [0, 0.1) is 6.92 Å². The lowest BCUT2D eigenvalue weighted by Crippen LogP contribution is -2.33. The first-order valence-electron chi connectivity index (χ1n) is 7.87. The Kier molecular flexibility index (Phi) is 5.53. The number of rotatable bonds is 5. The number of fused-ring (bicyclic) bond motifs is 1. The van der Waals surface area contributed by atoms with Crippen LogP contribution in [0.3, 0.4) is 0 Å². The maximum absolute atomic E-state index is 12.5. The number of aryl methyl sites for hydroxylation is 1. The summed E-state index contributed by atoms with van der Waals surface area (Å²) in [5.74, 6) is 0. The number of anilines is 1. The quantitative estimate of drug-likeness (QED) is 0.614. The van der Waals surface area contributed by atoms with Gasteiger partial charge < -0.3 is 15.7 Å². The number of amides is 2. The minimum Gasteiger partial charge on any atom is -0.396 e. The minimum absolute atomic E-state index is 0.0263. The Hall–Kier alpha value is -2.15. The zero-order valence-electron chi connectivity index (χ0n) is 13.6. The molecule has 25 heavy (non-hydrogen) atoms. The van der Waals surface area contributed by atoms with E-state index in [1.165, 1.54) is 0 Å². The molecule has 0 aliphatic rings. The summed E-state index contributed by atoms with van der Waals surface area (Å²) in [6.45, 7) is 1.89. The normalized spacial score (nSPS) is 12.1. The molecule has 7 heteroatoms. The second-order valence-electron chi connectivity index (χ2n) is 5.58. The van der Waals surface area contributed by atoms with Gasteiger partial charge in [0.1, 0.15) is 5.52 Å². The van der Waals surface area contributed by atoms with Crippen LogP contribution in [0.15, 0.2) is 42.5 Å². The lowest BCUT2D eigenvalue weighted by molar-refractivity contribution is 0.239. The molecule has 3 aromatic rings. The summed E-state index contributed by atoms with van der Waals surface area (Å²) >= 11 is 7.80. The Bertz CT molecular complexity index is 883. The maximum atomic E-state index is 12.5. The van der Waals surface area contributed by atoms with Gasteiger partial charge in [-0.25, -0.2) is 9.78 Å². The zero-order valence-corrected chi connectivity index (χ0v) is 15.2. The van der Waals surface area contributed by atoms with Crippen molar-refractivity contribution in [3.63, 3.8) is 0 Å². The highest BCUT2D eigenvalue weighted by Gasteiger charge is 2.17. The number of benzene rings is 2. The first-order valence-corrected chi connectivity index (χ1v) is 9.07. The fourth-order valence-corrected chi connectivity index (χ4v) is 3.68. The van der Waals surface area contributed by atoms with Crippen molar-refractivity contribution in [3.05, 3.63) is 58.1 Å². The molecule has 5 nitrogen and oxygen atoms in total. The number of aliphatic hydroxyl groups is 1. The summed E-state index contributed by atoms with van der Waals surface area (Å²) in [7, 11) is 0. The lowest BCUT2D eigenvalue weighted by atomic mass is 10.0. The van der Waals surface area contributed by atoms with Crippen molar-refractivity contribution in [2.24, 2.45) is 0 Å². The molecule has 0 radical (unpaired) electrons. The van der Waals surface area contributed by atoms with E-state index in [1.807, 2.05) is 43.3 Å². The second-order valence-corrected chi connectivity index (χ2v) is 7.22. The Balaban J connectivity index is 1.81. The van der Waals surface area contributed by atoms with Crippen molar-refractivity contribution in [1.82, 2.24) is 10.3 Å². The number of aromatic nitrogens is 1. The zero-order chi connectivity index (χ0) is 17.8. The van der Waals surface area contributed by atoms with E-state index in [2.05, 4.69) is 15.6 Å². The number of aliphatic hydroxyl groups excluding tert-OH is 1. The molecule has 3 rings (SSSR count). The van der Waals surface area contributed by atoms with Gasteiger partial charge in [0.15, 0.2) is 0 Å². The molecule has 1 aromatic heterocycles. The van der Waals surface area contributed by atoms with Crippen LogP contribution in [0.2, 0.25) is 5.02 Å². The monoisotopic (exact) mass is 375 g/mol. The number of hydrogen-bond donors (Lipinski definition) is 3. The van der Waals surface area contributed by atoms with E-state index >= 15 is 0 Å². The highest BCUT2D eigenvalue weighted by atomic mass is 35.5. The molecule has 130 valence electrons. The van der Waals surface area contributed by atoms with Gasteiger partial charge in [-0.3, -0.25) is 0 Å². The van der Waals surface area contributed by atoms with E-state index < -0.39 is 0 Å². The van der Waals surface area contributed by atoms with Gasteiger partial charge in [-0.1, -0.05) is 41.9 Å². The molecule has 1 heterocycles. The average molecular weight is 376 g/mol. The maximum Gasteiger partial charge on any atom is 0.319 e. The van der Waals surface area contributed by atoms with E-state index in [1.54, 1.807) is 17.4 Å². The van der Waals surface area contributed by atoms with E-state index in [-0.39, 0.29) is 18.7 Å². The van der Waals surface area contributed by atoms with E-state index in [0.29, 0.717) is 22.6 Å². The summed E-state index contributed by atoms with van der Waals surface area (Å²) < 4.78 is 0.965. The van der Waals surface area contributed by atoms with Crippen molar-refractivity contribution >= 4 is 44.9 Å². The predicted molar refractivity (Wildman–Crippen MR) is 102 cm³/mol. The molecule has 3 N–H and O–H groups in total. The minimum atomic E-state index is -0.387. The van der Waals surface area contributed by atoms with Crippen molar-refractivity contribution in [3.8, 4) is 0 Å². The third kappa shape index (κ3) is 4.10. The van der Waals surface area contributed by atoms with E-state index in [4.69, 9.17) is 11.6 Å². The van der Waals surface area contributed by atoms with Crippen molar-refractivity contribution < 1.29 is 9.90 Å². The van der Waals surface area contributed by atoms with Gasteiger partial charge in [-0.2, -0.15) is 0 Å². The molecule has 1 atom stereocenters. The molecule has 0 saturated carbocycles. The van der Waals surface area contributed by atoms with Crippen LogP contribution in [0.5, 0.6) is 0 Å². The summed E-state index contributed by atoms with van der Waals surface area (Å²) in [5, 5.41) is 16.3. The van der Waals surface area contributed by atoms with Gasteiger partial charge in [0.25, 0.3) is 0 Å². The third-order valence-electron chi connectivity index (χ3n) is 3.78. The van der Waals surface area contributed by atoms with Gasteiger partial charge in [-0.05, 0) is 31.0 Å². The van der Waals surface area contributed by atoms with Crippen LogP contribution in [0.25, 0.3) is 10.2 Å². The molecular formula is C18H18ClN3O2S. The van der Waals surface area contributed by atoms with Crippen molar-refractivity contribution in [1.29, 1.82) is 0 Å². The van der Waals surface area contributed by atoms with Gasteiger partial charge in [-0.15, -0.1) is 11.3 Å². The molecule has 0 bridgehead atoms. The number of carbonyl (C=O) groups excluding carboxylic acids is 1.